The number of likely N-dealkylation sites (N-methyl/N-ethyl adjacent to an activating group) is 1. The van der Waals surface area contributed by atoms with Gasteiger partial charge in [-0.1, -0.05) is 106 Å². The van der Waals surface area contributed by atoms with Crippen molar-refractivity contribution in [1.29, 1.82) is 0 Å². The molecule has 1 aliphatic rings. The molecule has 0 saturated carbocycles. The lowest BCUT2D eigenvalue weighted by Crippen LogP contribution is -2.69. The van der Waals surface area contributed by atoms with Crippen LogP contribution in [0, 0.1) is 0 Å². The normalized spacial score (nSPS) is 19.2. The van der Waals surface area contributed by atoms with E-state index in [2.05, 4.69) is 90.4 Å². The topological polar surface area (TPSA) is 43.4 Å². The lowest BCUT2D eigenvalue weighted by molar-refractivity contribution is -0.892. The molecule has 3 aromatic rings. The summed E-state index contributed by atoms with van der Waals surface area (Å²) in [6.07, 6.45) is 2.19. The van der Waals surface area contributed by atoms with Crippen molar-refractivity contribution in [2.75, 3.05) is 21.1 Å². The monoisotopic (exact) mass is 520 g/mol. The quantitative estimate of drug-likeness (QED) is 0.333. The van der Waals surface area contributed by atoms with E-state index in [1.165, 1.54) is 10.4 Å². The number of quaternary nitrogens is 1. The van der Waals surface area contributed by atoms with Crippen molar-refractivity contribution in [3.63, 3.8) is 0 Å². The molecular weight excluding hydrogens is 482 g/mol. The summed E-state index contributed by atoms with van der Waals surface area (Å²) in [4.78, 5) is 0.796. The van der Waals surface area contributed by atoms with Gasteiger partial charge in [0, 0.05) is 0 Å². The van der Waals surface area contributed by atoms with Gasteiger partial charge in [0.25, 0.3) is 8.32 Å². The van der Waals surface area contributed by atoms with Crippen molar-refractivity contribution >= 4 is 28.5 Å². The van der Waals surface area contributed by atoms with Crippen LogP contribution in [0.3, 0.4) is 0 Å². The summed E-state index contributed by atoms with van der Waals surface area (Å²) in [5, 5.41) is 2.21. The molecule has 0 radical (unpaired) electrons. The Hall–Kier alpha value is -2.51. The van der Waals surface area contributed by atoms with Gasteiger partial charge in [-0.15, -0.1) is 0 Å². The Balaban J connectivity index is 1.86. The van der Waals surface area contributed by atoms with E-state index in [9.17, 15) is 8.42 Å². The van der Waals surface area contributed by atoms with Crippen LogP contribution in [0.15, 0.2) is 107 Å². The van der Waals surface area contributed by atoms with Crippen LogP contribution in [0.25, 0.3) is 0 Å². The first kappa shape index (κ1) is 26.5. The van der Waals surface area contributed by atoms with Crippen molar-refractivity contribution in [3.05, 3.63) is 102 Å². The third-order valence-corrected chi connectivity index (χ3v) is 14.1. The maximum absolute atomic E-state index is 13.8. The molecule has 190 valence electrons. The first-order valence-corrected chi connectivity index (χ1v) is 15.9. The van der Waals surface area contributed by atoms with E-state index in [0.717, 1.165) is 0 Å². The van der Waals surface area contributed by atoms with Crippen LogP contribution in [-0.4, -0.2) is 54.5 Å². The van der Waals surface area contributed by atoms with E-state index in [1.807, 2.05) is 24.3 Å². The van der Waals surface area contributed by atoms with Gasteiger partial charge >= 0.3 is 0 Å². The van der Waals surface area contributed by atoms with E-state index in [1.54, 1.807) is 24.3 Å². The molecule has 0 unspecified atom stereocenters. The van der Waals surface area contributed by atoms with Gasteiger partial charge in [0.1, 0.15) is 11.0 Å². The molecule has 0 aliphatic heterocycles. The third-order valence-electron chi connectivity index (χ3n) is 7.14. The largest absolute Gasteiger partial charge is 0.398 e. The smallest absolute Gasteiger partial charge is 0.261 e. The molecule has 0 N–H and O–H groups in total. The Labute approximate surface area is 217 Å². The predicted octanol–water partition coefficient (Wildman–Crippen LogP) is 4.77. The fraction of sp³-hybridized carbons (Fsp3) is 0.333. The lowest BCUT2D eigenvalue weighted by atomic mass is 10.1. The molecule has 0 fully saturated rings. The molecular formula is C30H38NO3SSi+. The molecule has 0 bridgehead atoms. The first-order valence-electron chi connectivity index (χ1n) is 12.5. The van der Waals surface area contributed by atoms with Crippen LogP contribution in [0.1, 0.15) is 27.2 Å². The molecule has 0 spiro atoms. The second-order valence-electron chi connectivity index (χ2n) is 11.5. The van der Waals surface area contributed by atoms with Gasteiger partial charge in [-0.2, -0.15) is 0 Å². The van der Waals surface area contributed by atoms with Crippen LogP contribution in [0.5, 0.6) is 0 Å². The highest BCUT2D eigenvalue weighted by Gasteiger charge is 2.55. The molecule has 3 aromatic carbocycles. The van der Waals surface area contributed by atoms with E-state index in [-0.39, 0.29) is 17.2 Å². The number of hydrogen-bond acceptors (Lipinski definition) is 3. The maximum atomic E-state index is 13.8. The summed E-state index contributed by atoms with van der Waals surface area (Å²) >= 11 is 0. The zero-order valence-electron chi connectivity index (χ0n) is 22.2. The fourth-order valence-electron chi connectivity index (χ4n) is 5.58. The minimum absolute atomic E-state index is 0.188. The van der Waals surface area contributed by atoms with E-state index < -0.39 is 18.2 Å². The summed E-state index contributed by atoms with van der Waals surface area (Å²) in [6, 6.07) is 29.5. The summed E-state index contributed by atoms with van der Waals surface area (Å²) in [5.74, 6) is 0. The van der Waals surface area contributed by atoms with Crippen LogP contribution < -0.4 is 10.4 Å². The van der Waals surface area contributed by atoms with E-state index in [0.29, 0.717) is 20.7 Å². The van der Waals surface area contributed by atoms with Crippen LogP contribution in [0.4, 0.5) is 0 Å². The SMILES string of the molecule is CC(C)(C)[Si](O[C@H]1CC=C(S(=O)(=O)c2ccccc2)[C@@H]1[N+](C)(C)C)(c1ccccc1)c1ccccc1. The highest BCUT2D eigenvalue weighted by Crippen LogP contribution is 2.42. The van der Waals surface area contributed by atoms with Gasteiger partial charge in [0.05, 0.1) is 26.0 Å². The van der Waals surface area contributed by atoms with E-state index in [4.69, 9.17) is 4.43 Å². The number of sulfone groups is 1. The standard InChI is InChI=1S/C30H38NO3SSi/c1-30(2,3)36(25-18-12-8-13-19-25,26-20-14-9-15-21-26)34-27-22-23-28(29(27)31(4,5)6)35(32,33)24-16-10-7-11-17-24/h7-21,23,27,29H,22H2,1-6H3/q+1/t27-,29+/m0/s1. The van der Waals surface area contributed by atoms with Crippen LogP contribution >= 0.6 is 0 Å². The molecule has 36 heavy (non-hydrogen) atoms. The van der Waals surface area contributed by atoms with Crippen molar-refractivity contribution in [1.82, 2.24) is 0 Å². The van der Waals surface area contributed by atoms with Gasteiger partial charge in [-0.3, -0.25) is 0 Å². The third kappa shape index (κ3) is 4.75. The molecule has 1 aliphatic carbocycles. The Morgan fingerprint density at radius 2 is 1.22 bits per heavy atom. The van der Waals surface area contributed by atoms with Gasteiger partial charge in [-0.05, 0) is 34.0 Å². The molecule has 4 rings (SSSR count). The Morgan fingerprint density at radius 3 is 1.64 bits per heavy atom. The molecule has 0 saturated heterocycles. The van der Waals surface area contributed by atoms with Crippen molar-refractivity contribution in [2.45, 2.75) is 49.3 Å². The van der Waals surface area contributed by atoms with Crippen molar-refractivity contribution < 1.29 is 17.3 Å². The second-order valence-corrected chi connectivity index (χ2v) is 17.7. The summed E-state index contributed by atoms with van der Waals surface area (Å²) in [7, 11) is -0.300. The van der Waals surface area contributed by atoms with Crippen molar-refractivity contribution in [2.24, 2.45) is 0 Å². The van der Waals surface area contributed by atoms with Crippen molar-refractivity contribution in [3.8, 4) is 0 Å². The highest BCUT2D eigenvalue weighted by molar-refractivity contribution is 7.95. The molecule has 6 heteroatoms. The Morgan fingerprint density at radius 1 is 0.778 bits per heavy atom. The summed E-state index contributed by atoms with van der Waals surface area (Å²) < 4.78 is 35.5. The predicted molar refractivity (Wildman–Crippen MR) is 151 cm³/mol. The first-order chi connectivity index (χ1) is 16.9. The number of hydrogen-bond donors (Lipinski definition) is 0. The lowest BCUT2D eigenvalue weighted by Gasteiger charge is -2.47. The molecule has 0 heterocycles. The maximum Gasteiger partial charge on any atom is 0.261 e. The van der Waals surface area contributed by atoms with Crippen LogP contribution in [-0.2, 0) is 14.3 Å². The summed E-state index contributed by atoms with van der Waals surface area (Å²) in [6.45, 7) is 6.76. The average Bonchev–Trinajstić information content (AvgIpc) is 3.29. The van der Waals surface area contributed by atoms with E-state index >= 15 is 0 Å². The highest BCUT2D eigenvalue weighted by atomic mass is 32.2. The number of benzene rings is 3. The van der Waals surface area contributed by atoms with Gasteiger partial charge in [0.15, 0.2) is 6.04 Å². The number of rotatable bonds is 7. The summed E-state index contributed by atoms with van der Waals surface area (Å²) in [5.41, 5.74) is 0. The Kier molecular flexibility index (Phi) is 7.19. The minimum atomic E-state index is -3.64. The zero-order valence-corrected chi connectivity index (χ0v) is 24.0. The molecule has 0 aromatic heterocycles. The van der Waals surface area contributed by atoms with Gasteiger partial charge in [0.2, 0.25) is 9.84 Å². The average molecular weight is 521 g/mol. The fourth-order valence-corrected chi connectivity index (χ4v) is 12.2. The molecule has 4 nitrogen and oxygen atoms in total. The number of nitrogens with zero attached hydrogens (tertiary/aromatic N) is 1. The van der Waals surface area contributed by atoms with Gasteiger partial charge < -0.3 is 8.91 Å². The second kappa shape index (κ2) is 9.75. The molecule has 2 atom stereocenters. The van der Waals surface area contributed by atoms with Crippen LogP contribution in [0.2, 0.25) is 5.04 Å². The van der Waals surface area contributed by atoms with Gasteiger partial charge in [-0.25, -0.2) is 8.42 Å². The minimum Gasteiger partial charge on any atom is -0.398 e. The zero-order chi connectivity index (χ0) is 26.2. The molecule has 0 amide bonds. The Bertz CT molecular complexity index is 1270.